The van der Waals surface area contributed by atoms with Crippen molar-refractivity contribution in [3.63, 3.8) is 0 Å². The predicted molar refractivity (Wildman–Crippen MR) is 141 cm³/mol. The van der Waals surface area contributed by atoms with Crippen molar-refractivity contribution in [2.75, 3.05) is 7.11 Å². The van der Waals surface area contributed by atoms with Gasteiger partial charge in [-0.15, -0.1) is 0 Å². The molecular weight excluding hydrogens is 474 g/mol. The molecule has 0 bridgehead atoms. The fourth-order valence-electron chi connectivity index (χ4n) is 4.07. The molecule has 5 rings (SSSR count). The summed E-state index contributed by atoms with van der Waals surface area (Å²) in [6, 6.07) is 15.4. The summed E-state index contributed by atoms with van der Waals surface area (Å²) in [5.74, 6) is 1.21. The van der Waals surface area contributed by atoms with Crippen LogP contribution in [0.5, 0.6) is 11.5 Å². The maximum atomic E-state index is 13.1. The standard InChI is InChI=1S/C27H25N5O3S/c1-3-31-15-19(14-29-31)16-32-26(33)22(30-27(32)36)13-18-9-10-23(34-2)21(12-18)17-35-24-8-4-6-20-7-5-11-28-25(20)24/h4-15H,3,16-17H2,1-2H3,(H,30,36). The minimum absolute atomic E-state index is 0.181. The van der Waals surface area contributed by atoms with Gasteiger partial charge in [-0.05, 0) is 55.0 Å². The Morgan fingerprint density at radius 1 is 1.14 bits per heavy atom. The fourth-order valence-corrected chi connectivity index (χ4v) is 4.33. The predicted octanol–water partition coefficient (Wildman–Crippen LogP) is 4.30. The fraction of sp³-hybridized carbons (Fsp3) is 0.185. The van der Waals surface area contributed by atoms with Crippen molar-refractivity contribution in [3.05, 3.63) is 89.5 Å². The first-order chi connectivity index (χ1) is 17.6. The van der Waals surface area contributed by atoms with Crippen LogP contribution in [0, 0.1) is 0 Å². The van der Waals surface area contributed by atoms with E-state index in [9.17, 15) is 4.79 Å². The third-order valence-electron chi connectivity index (χ3n) is 5.91. The third kappa shape index (κ3) is 4.78. The van der Waals surface area contributed by atoms with Gasteiger partial charge in [-0.3, -0.25) is 19.4 Å². The van der Waals surface area contributed by atoms with Crippen LogP contribution in [0.2, 0.25) is 0 Å². The molecule has 9 heteroatoms. The second-order valence-electron chi connectivity index (χ2n) is 8.27. The molecule has 1 fully saturated rings. The number of rotatable bonds is 8. The number of benzene rings is 2. The number of carbonyl (C=O) groups excluding carboxylic acids is 1. The van der Waals surface area contributed by atoms with E-state index in [-0.39, 0.29) is 12.5 Å². The smallest absolute Gasteiger partial charge is 0.276 e. The monoisotopic (exact) mass is 499 g/mol. The van der Waals surface area contributed by atoms with E-state index in [2.05, 4.69) is 15.4 Å². The molecule has 1 aliphatic rings. The van der Waals surface area contributed by atoms with Gasteiger partial charge in [0.15, 0.2) is 5.11 Å². The van der Waals surface area contributed by atoms with Gasteiger partial charge >= 0.3 is 0 Å². The van der Waals surface area contributed by atoms with Gasteiger partial charge in [-0.1, -0.05) is 24.3 Å². The summed E-state index contributed by atoms with van der Waals surface area (Å²) >= 11 is 5.42. The van der Waals surface area contributed by atoms with Crippen molar-refractivity contribution in [1.29, 1.82) is 0 Å². The molecule has 1 amide bonds. The highest BCUT2D eigenvalue weighted by atomic mass is 32.1. The zero-order chi connectivity index (χ0) is 25.1. The summed E-state index contributed by atoms with van der Waals surface area (Å²) in [4.78, 5) is 19.1. The number of nitrogens with one attached hydrogen (secondary N) is 1. The van der Waals surface area contributed by atoms with Crippen molar-refractivity contribution >= 4 is 40.2 Å². The maximum Gasteiger partial charge on any atom is 0.276 e. The number of fused-ring (bicyclic) bond motifs is 1. The van der Waals surface area contributed by atoms with Crippen LogP contribution >= 0.6 is 12.2 Å². The van der Waals surface area contributed by atoms with E-state index in [0.717, 1.165) is 34.1 Å². The molecule has 0 unspecified atom stereocenters. The van der Waals surface area contributed by atoms with E-state index in [4.69, 9.17) is 21.7 Å². The van der Waals surface area contributed by atoms with E-state index >= 15 is 0 Å². The summed E-state index contributed by atoms with van der Waals surface area (Å²) in [6.07, 6.45) is 7.20. The highest BCUT2D eigenvalue weighted by Crippen LogP contribution is 2.27. The zero-order valence-corrected chi connectivity index (χ0v) is 20.8. The minimum Gasteiger partial charge on any atom is -0.496 e. The number of aromatic nitrogens is 3. The van der Waals surface area contributed by atoms with Crippen molar-refractivity contribution in [2.24, 2.45) is 0 Å². The molecule has 1 saturated heterocycles. The summed E-state index contributed by atoms with van der Waals surface area (Å²) in [5.41, 5.74) is 3.80. The topological polar surface area (TPSA) is 81.5 Å². The molecule has 0 spiro atoms. The van der Waals surface area contributed by atoms with Gasteiger partial charge in [0, 0.05) is 35.5 Å². The Balaban J connectivity index is 1.35. The molecular formula is C27H25N5O3S. The second-order valence-corrected chi connectivity index (χ2v) is 8.66. The van der Waals surface area contributed by atoms with Crippen molar-refractivity contribution in [3.8, 4) is 11.5 Å². The molecule has 4 aromatic rings. The Hall–Kier alpha value is -4.24. The number of carbonyl (C=O) groups is 1. The first kappa shape index (κ1) is 23.5. The summed E-state index contributed by atoms with van der Waals surface area (Å²) in [6.45, 7) is 3.42. The number of para-hydroxylation sites is 1. The lowest BCUT2D eigenvalue weighted by atomic mass is 10.1. The van der Waals surface area contributed by atoms with Crippen molar-refractivity contribution in [2.45, 2.75) is 26.6 Å². The Labute approximate surface area is 214 Å². The lowest BCUT2D eigenvalue weighted by Gasteiger charge is -2.13. The van der Waals surface area contributed by atoms with Crippen LogP contribution in [0.15, 0.2) is 72.8 Å². The largest absolute Gasteiger partial charge is 0.496 e. The lowest BCUT2D eigenvalue weighted by molar-refractivity contribution is -0.122. The van der Waals surface area contributed by atoms with Crippen LogP contribution in [0.25, 0.3) is 17.0 Å². The third-order valence-corrected chi connectivity index (χ3v) is 6.23. The molecule has 182 valence electrons. The minimum atomic E-state index is -0.181. The van der Waals surface area contributed by atoms with Gasteiger partial charge in [0.05, 0.1) is 19.9 Å². The molecule has 3 heterocycles. The Kier molecular flexibility index (Phi) is 6.64. The highest BCUT2D eigenvalue weighted by Gasteiger charge is 2.31. The maximum absolute atomic E-state index is 13.1. The van der Waals surface area contributed by atoms with Crippen LogP contribution in [-0.4, -0.2) is 37.8 Å². The number of methoxy groups -OCH3 is 1. The molecule has 2 aromatic heterocycles. The quantitative estimate of drug-likeness (QED) is 0.286. The number of aryl methyl sites for hydroxylation is 1. The molecule has 0 saturated carbocycles. The Morgan fingerprint density at radius 3 is 2.81 bits per heavy atom. The van der Waals surface area contributed by atoms with E-state index in [0.29, 0.717) is 28.9 Å². The number of ether oxygens (including phenoxy) is 2. The van der Waals surface area contributed by atoms with E-state index in [1.165, 1.54) is 0 Å². The first-order valence-electron chi connectivity index (χ1n) is 11.5. The van der Waals surface area contributed by atoms with Crippen LogP contribution in [-0.2, 0) is 24.5 Å². The van der Waals surface area contributed by atoms with Crippen LogP contribution in [0.1, 0.15) is 23.6 Å². The molecule has 1 N–H and O–H groups in total. The molecule has 8 nitrogen and oxygen atoms in total. The SMILES string of the molecule is CCn1cc(CN2C(=O)C(=Cc3ccc(OC)c(COc4cccc5cccnc45)c3)NC2=S)cn1. The average molecular weight is 500 g/mol. The second kappa shape index (κ2) is 10.2. The zero-order valence-electron chi connectivity index (χ0n) is 20.0. The van der Waals surface area contributed by atoms with Crippen molar-refractivity contribution in [1.82, 2.24) is 25.0 Å². The van der Waals surface area contributed by atoms with Crippen molar-refractivity contribution < 1.29 is 14.3 Å². The lowest BCUT2D eigenvalue weighted by Crippen LogP contribution is -2.29. The summed E-state index contributed by atoms with van der Waals surface area (Å²) < 4.78 is 13.5. The van der Waals surface area contributed by atoms with Crippen LogP contribution in [0.3, 0.4) is 0 Å². The summed E-state index contributed by atoms with van der Waals surface area (Å²) in [5, 5.41) is 8.69. The number of thiocarbonyl (C=S) groups is 1. The molecule has 0 aliphatic carbocycles. The Bertz CT molecular complexity index is 1470. The first-order valence-corrected chi connectivity index (χ1v) is 12.0. The number of amides is 1. The van der Waals surface area contributed by atoms with Gasteiger partial charge in [-0.2, -0.15) is 5.10 Å². The average Bonchev–Trinajstić information content (AvgIpc) is 3.47. The van der Waals surface area contributed by atoms with Crippen LogP contribution < -0.4 is 14.8 Å². The highest BCUT2D eigenvalue weighted by molar-refractivity contribution is 7.80. The molecule has 2 aromatic carbocycles. The van der Waals surface area contributed by atoms with Gasteiger partial charge in [-0.25, -0.2) is 0 Å². The number of pyridine rings is 1. The van der Waals surface area contributed by atoms with E-state index in [1.807, 2.05) is 66.3 Å². The molecule has 0 radical (unpaired) electrons. The Morgan fingerprint density at radius 2 is 2.00 bits per heavy atom. The molecule has 0 atom stereocenters. The van der Waals surface area contributed by atoms with Crippen LogP contribution in [0.4, 0.5) is 0 Å². The van der Waals surface area contributed by atoms with Gasteiger partial charge in [0.25, 0.3) is 5.91 Å². The van der Waals surface area contributed by atoms with E-state index in [1.54, 1.807) is 30.5 Å². The van der Waals surface area contributed by atoms with Gasteiger partial charge in [0.2, 0.25) is 0 Å². The number of hydrogen-bond acceptors (Lipinski definition) is 6. The number of hydrogen-bond donors (Lipinski definition) is 1. The molecule has 36 heavy (non-hydrogen) atoms. The van der Waals surface area contributed by atoms with E-state index < -0.39 is 0 Å². The normalized spacial score (nSPS) is 14.5. The summed E-state index contributed by atoms with van der Waals surface area (Å²) in [7, 11) is 1.62. The van der Waals surface area contributed by atoms with Gasteiger partial charge in [0.1, 0.15) is 29.3 Å². The number of nitrogens with zero attached hydrogens (tertiary/aromatic N) is 4. The van der Waals surface area contributed by atoms with Gasteiger partial charge < -0.3 is 14.8 Å². The molecule has 1 aliphatic heterocycles.